The SMILES string of the molecule is CCNCCNC(=O)C1CC1c1cccc(C(F)(F)F)c1. The third-order valence-corrected chi connectivity index (χ3v) is 3.62. The van der Waals surface area contributed by atoms with Crippen molar-refractivity contribution in [2.24, 2.45) is 5.92 Å². The summed E-state index contributed by atoms with van der Waals surface area (Å²) in [4.78, 5) is 11.9. The molecule has 1 fully saturated rings. The lowest BCUT2D eigenvalue weighted by Crippen LogP contribution is -2.32. The summed E-state index contributed by atoms with van der Waals surface area (Å²) in [7, 11) is 0. The molecule has 1 aromatic rings. The fourth-order valence-electron chi connectivity index (χ4n) is 2.38. The van der Waals surface area contributed by atoms with Crippen molar-refractivity contribution < 1.29 is 18.0 Å². The summed E-state index contributed by atoms with van der Waals surface area (Å²) < 4.78 is 38.0. The summed E-state index contributed by atoms with van der Waals surface area (Å²) >= 11 is 0. The third kappa shape index (κ3) is 4.20. The molecule has 1 amide bonds. The zero-order valence-electron chi connectivity index (χ0n) is 11.8. The molecule has 2 atom stereocenters. The first-order chi connectivity index (χ1) is 9.93. The Morgan fingerprint density at radius 1 is 1.33 bits per heavy atom. The Hall–Kier alpha value is -1.56. The van der Waals surface area contributed by atoms with Crippen LogP contribution in [0.4, 0.5) is 13.2 Å². The molecule has 1 saturated carbocycles. The Kier molecular flexibility index (Phi) is 4.88. The average Bonchev–Trinajstić information content (AvgIpc) is 3.23. The number of halogens is 3. The molecule has 116 valence electrons. The number of nitrogens with one attached hydrogen (secondary N) is 2. The lowest BCUT2D eigenvalue weighted by molar-refractivity contribution is -0.137. The van der Waals surface area contributed by atoms with Crippen LogP contribution >= 0.6 is 0 Å². The van der Waals surface area contributed by atoms with Crippen molar-refractivity contribution in [3.63, 3.8) is 0 Å². The molecule has 1 aliphatic rings. The number of rotatable bonds is 6. The van der Waals surface area contributed by atoms with Gasteiger partial charge >= 0.3 is 6.18 Å². The van der Waals surface area contributed by atoms with E-state index in [-0.39, 0.29) is 17.7 Å². The van der Waals surface area contributed by atoms with E-state index in [4.69, 9.17) is 0 Å². The van der Waals surface area contributed by atoms with Crippen molar-refractivity contribution >= 4 is 5.91 Å². The molecule has 1 aromatic carbocycles. The number of alkyl halides is 3. The fraction of sp³-hybridized carbons (Fsp3) is 0.533. The molecule has 21 heavy (non-hydrogen) atoms. The minimum atomic E-state index is -4.34. The summed E-state index contributed by atoms with van der Waals surface area (Å²) in [6.07, 6.45) is -3.72. The number of amides is 1. The van der Waals surface area contributed by atoms with E-state index in [1.54, 1.807) is 6.07 Å². The van der Waals surface area contributed by atoms with Crippen molar-refractivity contribution in [3.8, 4) is 0 Å². The summed E-state index contributed by atoms with van der Waals surface area (Å²) in [6, 6.07) is 5.26. The first-order valence-corrected chi connectivity index (χ1v) is 7.09. The highest BCUT2D eigenvalue weighted by atomic mass is 19.4. The van der Waals surface area contributed by atoms with E-state index in [1.807, 2.05) is 6.92 Å². The Labute approximate surface area is 121 Å². The van der Waals surface area contributed by atoms with Crippen molar-refractivity contribution in [1.29, 1.82) is 0 Å². The lowest BCUT2D eigenvalue weighted by Gasteiger charge is -2.09. The normalized spacial score (nSPS) is 21.1. The maximum absolute atomic E-state index is 12.7. The molecule has 1 aliphatic carbocycles. The summed E-state index contributed by atoms with van der Waals surface area (Å²) in [6.45, 7) is 4.06. The van der Waals surface area contributed by atoms with Gasteiger partial charge in [-0.25, -0.2) is 0 Å². The first-order valence-electron chi connectivity index (χ1n) is 7.09. The molecule has 0 aliphatic heterocycles. The maximum atomic E-state index is 12.7. The van der Waals surface area contributed by atoms with Crippen LogP contribution in [-0.2, 0) is 11.0 Å². The summed E-state index contributed by atoms with van der Waals surface area (Å²) in [5.41, 5.74) is -0.0603. The minimum absolute atomic E-state index is 0.0738. The highest BCUT2D eigenvalue weighted by Crippen LogP contribution is 2.48. The van der Waals surface area contributed by atoms with Gasteiger partial charge < -0.3 is 10.6 Å². The minimum Gasteiger partial charge on any atom is -0.355 e. The van der Waals surface area contributed by atoms with Crippen LogP contribution in [0.5, 0.6) is 0 Å². The van der Waals surface area contributed by atoms with Crippen molar-refractivity contribution in [3.05, 3.63) is 35.4 Å². The van der Waals surface area contributed by atoms with Crippen LogP contribution in [0.3, 0.4) is 0 Å². The van der Waals surface area contributed by atoms with Gasteiger partial charge in [-0.1, -0.05) is 25.1 Å². The third-order valence-electron chi connectivity index (χ3n) is 3.62. The molecule has 0 heterocycles. The number of hydrogen-bond acceptors (Lipinski definition) is 2. The molecule has 0 bridgehead atoms. The molecule has 2 unspecified atom stereocenters. The van der Waals surface area contributed by atoms with Crippen LogP contribution in [0.25, 0.3) is 0 Å². The van der Waals surface area contributed by atoms with E-state index in [2.05, 4.69) is 10.6 Å². The van der Waals surface area contributed by atoms with E-state index in [0.29, 0.717) is 25.1 Å². The van der Waals surface area contributed by atoms with Gasteiger partial charge in [0.2, 0.25) is 5.91 Å². The van der Waals surface area contributed by atoms with Gasteiger partial charge in [-0.05, 0) is 30.5 Å². The Morgan fingerprint density at radius 3 is 2.76 bits per heavy atom. The van der Waals surface area contributed by atoms with Gasteiger partial charge in [-0.2, -0.15) is 13.2 Å². The fourth-order valence-corrected chi connectivity index (χ4v) is 2.38. The Morgan fingerprint density at radius 2 is 2.10 bits per heavy atom. The molecule has 6 heteroatoms. The molecular weight excluding hydrogens is 281 g/mol. The second-order valence-corrected chi connectivity index (χ2v) is 5.22. The number of carbonyl (C=O) groups excluding carboxylic acids is 1. The second-order valence-electron chi connectivity index (χ2n) is 5.22. The predicted octanol–water partition coefficient (Wildman–Crippen LogP) is 2.53. The van der Waals surface area contributed by atoms with E-state index in [1.165, 1.54) is 6.07 Å². The smallest absolute Gasteiger partial charge is 0.355 e. The van der Waals surface area contributed by atoms with Crippen LogP contribution in [0.2, 0.25) is 0 Å². The van der Waals surface area contributed by atoms with Gasteiger partial charge in [0, 0.05) is 19.0 Å². The number of benzene rings is 1. The van der Waals surface area contributed by atoms with Gasteiger partial charge in [0.05, 0.1) is 5.56 Å². The quantitative estimate of drug-likeness (QED) is 0.793. The topological polar surface area (TPSA) is 41.1 Å². The van der Waals surface area contributed by atoms with E-state index >= 15 is 0 Å². The second kappa shape index (κ2) is 6.47. The zero-order valence-corrected chi connectivity index (χ0v) is 11.8. The largest absolute Gasteiger partial charge is 0.416 e. The molecule has 0 saturated heterocycles. The van der Waals surface area contributed by atoms with Gasteiger partial charge in [-0.3, -0.25) is 4.79 Å². The first kappa shape index (κ1) is 15.8. The van der Waals surface area contributed by atoms with Crippen molar-refractivity contribution in [2.45, 2.75) is 25.4 Å². The van der Waals surface area contributed by atoms with Crippen LogP contribution in [-0.4, -0.2) is 25.5 Å². The molecule has 0 aromatic heterocycles. The molecule has 0 spiro atoms. The van der Waals surface area contributed by atoms with Crippen molar-refractivity contribution in [2.75, 3.05) is 19.6 Å². The standard InChI is InChI=1S/C15H19F3N2O/c1-2-19-6-7-20-14(21)13-9-12(13)10-4-3-5-11(8-10)15(16,17)18/h3-5,8,12-13,19H,2,6-7,9H2,1H3,(H,20,21). The number of carbonyl (C=O) groups is 1. The summed E-state index contributed by atoms with van der Waals surface area (Å²) in [5, 5.41) is 5.89. The Balaban J connectivity index is 1.89. The van der Waals surface area contributed by atoms with Gasteiger partial charge in [-0.15, -0.1) is 0 Å². The molecule has 2 rings (SSSR count). The Bertz CT molecular complexity index is 502. The van der Waals surface area contributed by atoms with Gasteiger partial charge in [0.15, 0.2) is 0 Å². The van der Waals surface area contributed by atoms with Crippen LogP contribution < -0.4 is 10.6 Å². The van der Waals surface area contributed by atoms with Crippen LogP contribution in [0, 0.1) is 5.92 Å². The lowest BCUT2D eigenvalue weighted by atomic mass is 10.1. The highest BCUT2D eigenvalue weighted by Gasteiger charge is 2.44. The zero-order chi connectivity index (χ0) is 15.5. The van der Waals surface area contributed by atoms with Crippen LogP contribution in [0.15, 0.2) is 24.3 Å². The summed E-state index contributed by atoms with van der Waals surface area (Å²) in [5.74, 6) is -0.364. The van der Waals surface area contributed by atoms with Crippen LogP contribution in [0.1, 0.15) is 30.4 Å². The average molecular weight is 300 g/mol. The predicted molar refractivity (Wildman–Crippen MR) is 73.8 cm³/mol. The van der Waals surface area contributed by atoms with Gasteiger partial charge in [0.1, 0.15) is 0 Å². The number of hydrogen-bond donors (Lipinski definition) is 2. The van der Waals surface area contributed by atoms with E-state index < -0.39 is 11.7 Å². The van der Waals surface area contributed by atoms with Gasteiger partial charge in [0.25, 0.3) is 0 Å². The number of likely N-dealkylation sites (N-methyl/N-ethyl adjacent to an activating group) is 1. The molecule has 0 radical (unpaired) electrons. The maximum Gasteiger partial charge on any atom is 0.416 e. The molecule has 2 N–H and O–H groups in total. The molecule has 3 nitrogen and oxygen atoms in total. The highest BCUT2D eigenvalue weighted by molar-refractivity contribution is 5.82. The molecular formula is C15H19F3N2O. The monoisotopic (exact) mass is 300 g/mol. The van der Waals surface area contributed by atoms with E-state index in [9.17, 15) is 18.0 Å². The van der Waals surface area contributed by atoms with Crippen molar-refractivity contribution in [1.82, 2.24) is 10.6 Å². The van der Waals surface area contributed by atoms with E-state index in [0.717, 1.165) is 18.7 Å².